The summed E-state index contributed by atoms with van der Waals surface area (Å²) >= 11 is 5.87. The molecule has 3 aromatic carbocycles. The Morgan fingerprint density at radius 2 is 1.68 bits per heavy atom. The van der Waals surface area contributed by atoms with E-state index in [1.807, 2.05) is 0 Å². The number of carbonyl (C=O) groups is 2. The summed E-state index contributed by atoms with van der Waals surface area (Å²) in [6, 6.07) is 19.6. The highest BCUT2D eigenvalue weighted by Crippen LogP contribution is 2.16. The van der Waals surface area contributed by atoms with Gasteiger partial charge in [-0.15, -0.1) is 0 Å². The molecule has 6 nitrogen and oxygen atoms in total. The molecule has 0 heterocycles. The number of anilines is 1. The van der Waals surface area contributed by atoms with Crippen LogP contribution in [0.2, 0.25) is 5.02 Å². The van der Waals surface area contributed by atoms with Gasteiger partial charge in [-0.25, -0.2) is 9.59 Å². The molecule has 0 saturated heterocycles. The van der Waals surface area contributed by atoms with E-state index in [4.69, 9.17) is 21.4 Å². The molecule has 3 rings (SSSR count). The minimum atomic E-state index is -0.980. The van der Waals surface area contributed by atoms with Gasteiger partial charge in [0.05, 0.1) is 23.0 Å². The lowest BCUT2D eigenvalue weighted by atomic mass is 10.2. The summed E-state index contributed by atoms with van der Waals surface area (Å²) in [5, 5.41) is 13.4. The first-order valence-electron chi connectivity index (χ1n) is 8.21. The molecule has 0 aromatic heterocycles. The smallest absolute Gasteiger partial charge is 0.343 e. The van der Waals surface area contributed by atoms with Gasteiger partial charge >= 0.3 is 11.9 Å². The first-order valence-corrected chi connectivity index (χ1v) is 8.59. The maximum Gasteiger partial charge on any atom is 0.343 e. The molecule has 7 heteroatoms. The predicted molar refractivity (Wildman–Crippen MR) is 107 cm³/mol. The molecule has 0 amide bonds. The lowest BCUT2D eigenvalue weighted by Crippen LogP contribution is -2.08. The van der Waals surface area contributed by atoms with Crippen LogP contribution in [0.15, 0.2) is 77.9 Å². The van der Waals surface area contributed by atoms with Gasteiger partial charge in [0.2, 0.25) is 0 Å². The number of nitrogens with one attached hydrogen (secondary N) is 1. The van der Waals surface area contributed by atoms with Crippen LogP contribution in [0.3, 0.4) is 0 Å². The SMILES string of the molecule is O=C(O)c1ccc(N/N=C\c2ccc(OC(=O)c3cccc(Cl)c3)cc2)cc1. The van der Waals surface area contributed by atoms with E-state index in [1.54, 1.807) is 66.9 Å². The number of hydrazone groups is 1. The van der Waals surface area contributed by atoms with Crippen molar-refractivity contribution in [3.05, 3.63) is 94.5 Å². The molecule has 28 heavy (non-hydrogen) atoms. The van der Waals surface area contributed by atoms with Crippen LogP contribution < -0.4 is 10.2 Å². The van der Waals surface area contributed by atoms with Gasteiger partial charge in [0.1, 0.15) is 5.75 Å². The summed E-state index contributed by atoms with van der Waals surface area (Å²) < 4.78 is 5.31. The number of carboxylic acid groups (broad SMARTS) is 1. The molecule has 0 radical (unpaired) electrons. The Morgan fingerprint density at radius 3 is 2.32 bits per heavy atom. The molecule has 0 bridgehead atoms. The van der Waals surface area contributed by atoms with Crippen LogP contribution in [-0.2, 0) is 0 Å². The molecule has 0 fully saturated rings. The zero-order valence-electron chi connectivity index (χ0n) is 14.5. The quantitative estimate of drug-likeness (QED) is 0.274. The number of nitrogens with zero attached hydrogens (tertiary/aromatic N) is 1. The minimum absolute atomic E-state index is 0.206. The average molecular weight is 395 g/mol. The van der Waals surface area contributed by atoms with Crippen molar-refractivity contribution in [2.45, 2.75) is 0 Å². The van der Waals surface area contributed by atoms with E-state index >= 15 is 0 Å². The zero-order chi connectivity index (χ0) is 19.9. The van der Waals surface area contributed by atoms with Crippen molar-refractivity contribution < 1.29 is 19.4 Å². The fourth-order valence-electron chi connectivity index (χ4n) is 2.27. The molecule has 0 aliphatic rings. The predicted octanol–water partition coefficient (Wildman–Crippen LogP) is 4.70. The molecule has 0 saturated carbocycles. The van der Waals surface area contributed by atoms with Crippen LogP contribution in [0, 0.1) is 0 Å². The molecule has 2 N–H and O–H groups in total. The maximum atomic E-state index is 12.1. The Balaban J connectivity index is 1.57. The van der Waals surface area contributed by atoms with Gasteiger partial charge < -0.3 is 9.84 Å². The Kier molecular flexibility index (Phi) is 6.04. The van der Waals surface area contributed by atoms with E-state index in [9.17, 15) is 9.59 Å². The lowest BCUT2D eigenvalue weighted by Gasteiger charge is -2.05. The summed E-state index contributed by atoms with van der Waals surface area (Å²) in [6.45, 7) is 0. The molecule has 0 aliphatic carbocycles. The number of aromatic carboxylic acids is 1. The molecule has 0 spiro atoms. The highest BCUT2D eigenvalue weighted by Gasteiger charge is 2.08. The van der Waals surface area contributed by atoms with Crippen molar-refractivity contribution in [1.29, 1.82) is 0 Å². The number of hydrogen-bond donors (Lipinski definition) is 2. The van der Waals surface area contributed by atoms with E-state index in [1.165, 1.54) is 12.1 Å². The third kappa shape index (κ3) is 5.18. The van der Waals surface area contributed by atoms with Crippen molar-refractivity contribution in [1.82, 2.24) is 0 Å². The van der Waals surface area contributed by atoms with Crippen molar-refractivity contribution in [3.8, 4) is 5.75 Å². The number of rotatable bonds is 6. The Labute approximate surface area is 166 Å². The van der Waals surface area contributed by atoms with Crippen molar-refractivity contribution in [2.75, 3.05) is 5.43 Å². The monoisotopic (exact) mass is 394 g/mol. The third-order valence-electron chi connectivity index (χ3n) is 3.69. The Hall–Kier alpha value is -3.64. The third-order valence-corrected chi connectivity index (χ3v) is 3.93. The van der Waals surface area contributed by atoms with E-state index in [0.717, 1.165) is 5.56 Å². The fraction of sp³-hybridized carbons (Fsp3) is 0. The van der Waals surface area contributed by atoms with Gasteiger partial charge in [0, 0.05) is 5.02 Å². The second-order valence-corrected chi connectivity index (χ2v) is 6.16. The fourth-order valence-corrected chi connectivity index (χ4v) is 2.46. The van der Waals surface area contributed by atoms with E-state index in [0.29, 0.717) is 22.0 Å². The molecule has 3 aromatic rings. The number of halogens is 1. The lowest BCUT2D eigenvalue weighted by molar-refractivity contribution is 0.0694. The van der Waals surface area contributed by atoms with Crippen LogP contribution in [0.5, 0.6) is 5.75 Å². The van der Waals surface area contributed by atoms with Gasteiger partial charge in [-0.2, -0.15) is 5.10 Å². The summed E-state index contributed by atoms with van der Waals surface area (Å²) in [7, 11) is 0. The van der Waals surface area contributed by atoms with Crippen LogP contribution in [-0.4, -0.2) is 23.3 Å². The van der Waals surface area contributed by atoms with Crippen molar-refractivity contribution in [3.63, 3.8) is 0 Å². The Bertz CT molecular complexity index is 1020. The molecular formula is C21H15ClN2O4. The van der Waals surface area contributed by atoms with E-state index in [-0.39, 0.29) is 5.56 Å². The molecular weight excluding hydrogens is 380 g/mol. The number of hydrogen-bond acceptors (Lipinski definition) is 5. The van der Waals surface area contributed by atoms with Crippen LogP contribution >= 0.6 is 11.6 Å². The van der Waals surface area contributed by atoms with Crippen LogP contribution in [0.25, 0.3) is 0 Å². The van der Waals surface area contributed by atoms with Gasteiger partial charge in [-0.3, -0.25) is 5.43 Å². The number of carbonyl (C=O) groups excluding carboxylic acids is 1. The normalized spacial score (nSPS) is 10.6. The highest BCUT2D eigenvalue weighted by atomic mass is 35.5. The first-order chi connectivity index (χ1) is 13.5. The zero-order valence-corrected chi connectivity index (χ0v) is 15.3. The largest absolute Gasteiger partial charge is 0.478 e. The molecule has 0 aliphatic heterocycles. The van der Waals surface area contributed by atoms with Gasteiger partial charge in [0.25, 0.3) is 0 Å². The van der Waals surface area contributed by atoms with Gasteiger partial charge in [0.15, 0.2) is 0 Å². The number of benzene rings is 3. The number of esters is 1. The molecule has 140 valence electrons. The summed E-state index contributed by atoms with van der Waals surface area (Å²) in [6.07, 6.45) is 1.59. The van der Waals surface area contributed by atoms with E-state index < -0.39 is 11.9 Å². The van der Waals surface area contributed by atoms with Crippen molar-refractivity contribution >= 4 is 35.4 Å². The standard InChI is InChI=1S/C21H15ClN2O4/c22-17-3-1-2-16(12-17)21(27)28-19-10-4-14(5-11-19)13-23-24-18-8-6-15(7-9-18)20(25)26/h1-13,24H,(H,25,26)/b23-13-. The molecule has 0 unspecified atom stereocenters. The van der Waals surface area contributed by atoms with Gasteiger partial charge in [-0.05, 0) is 72.3 Å². The first kappa shape index (κ1) is 19.1. The summed E-state index contributed by atoms with van der Waals surface area (Å²) in [5.74, 6) is -1.07. The minimum Gasteiger partial charge on any atom is -0.478 e. The van der Waals surface area contributed by atoms with Crippen LogP contribution in [0.4, 0.5) is 5.69 Å². The average Bonchev–Trinajstić information content (AvgIpc) is 2.69. The van der Waals surface area contributed by atoms with E-state index in [2.05, 4.69) is 10.5 Å². The number of ether oxygens (including phenoxy) is 1. The van der Waals surface area contributed by atoms with Gasteiger partial charge in [-0.1, -0.05) is 17.7 Å². The maximum absolute atomic E-state index is 12.1. The second-order valence-electron chi connectivity index (χ2n) is 5.72. The Morgan fingerprint density at radius 1 is 0.964 bits per heavy atom. The highest BCUT2D eigenvalue weighted by molar-refractivity contribution is 6.30. The molecule has 0 atom stereocenters. The summed E-state index contributed by atoms with van der Waals surface area (Å²) in [5.41, 5.74) is 4.84. The van der Waals surface area contributed by atoms with Crippen LogP contribution in [0.1, 0.15) is 26.3 Å². The summed E-state index contributed by atoms with van der Waals surface area (Å²) in [4.78, 5) is 22.9. The topological polar surface area (TPSA) is 88.0 Å². The second kappa shape index (κ2) is 8.83. The van der Waals surface area contributed by atoms with Crippen molar-refractivity contribution in [2.24, 2.45) is 5.10 Å². The number of carboxylic acids is 1.